The molecule has 5 nitrogen and oxygen atoms in total. The van der Waals surface area contributed by atoms with Crippen molar-refractivity contribution < 1.29 is 13.2 Å². The maximum Gasteiger partial charge on any atom is 0.232 e. The number of benzene rings is 2. The zero-order valence-corrected chi connectivity index (χ0v) is 16.5. The molecule has 0 aliphatic rings. The minimum Gasteiger partial charge on any atom is -0.326 e. The molecule has 2 N–H and O–H groups in total. The molecule has 0 aliphatic heterocycles. The molecule has 1 amide bonds. The molecule has 0 fully saturated rings. The Morgan fingerprint density at radius 1 is 1.12 bits per heavy atom. The molecule has 0 heterocycles. The average molecular weight is 395 g/mol. The first-order valence-corrected chi connectivity index (χ1v) is 10.5. The maximum atomic E-state index is 12.1. The predicted octanol–water partition coefficient (Wildman–Crippen LogP) is 4.37. The standard InChI is InChI=1S/C19H23ClN2O3S/c1-3-26(24,25)22-18-12-11-17(13-14(18)2)21-19(23)6-4-5-15-7-9-16(20)10-8-15/h7-13,22H,3-6H2,1-2H3,(H,21,23). The molecule has 7 heteroatoms. The van der Waals surface area contributed by atoms with E-state index in [2.05, 4.69) is 10.0 Å². The molecule has 0 spiro atoms. The van der Waals surface area contributed by atoms with Crippen molar-refractivity contribution in [2.75, 3.05) is 15.8 Å². The molecule has 0 bridgehead atoms. The smallest absolute Gasteiger partial charge is 0.232 e. The summed E-state index contributed by atoms with van der Waals surface area (Å²) in [5, 5.41) is 3.55. The van der Waals surface area contributed by atoms with Crippen LogP contribution in [0.15, 0.2) is 42.5 Å². The number of carbonyl (C=O) groups excluding carboxylic acids is 1. The van der Waals surface area contributed by atoms with Crippen LogP contribution in [-0.4, -0.2) is 20.1 Å². The highest BCUT2D eigenvalue weighted by Gasteiger charge is 2.10. The summed E-state index contributed by atoms with van der Waals surface area (Å²) >= 11 is 5.85. The highest BCUT2D eigenvalue weighted by molar-refractivity contribution is 7.92. The van der Waals surface area contributed by atoms with Gasteiger partial charge in [-0.2, -0.15) is 0 Å². The van der Waals surface area contributed by atoms with E-state index in [1.807, 2.05) is 24.3 Å². The fourth-order valence-corrected chi connectivity index (χ4v) is 3.26. The molecule has 26 heavy (non-hydrogen) atoms. The molecule has 0 atom stereocenters. The average Bonchev–Trinajstić information content (AvgIpc) is 2.59. The van der Waals surface area contributed by atoms with Gasteiger partial charge in [0.1, 0.15) is 0 Å². The van der Waals surface area contributed by atoms with Gasteiger partial charge in [0, 0.05) is 17.1 Å². The van der Waals surface area contributed by atoms with Gasteiger partial charge < -0.3 is 5.32 Å². The number of nitrogens with one attached hydrogen (secondary N) is 2. The second kappa shape index (κ2) is 9.05. The lowest BCUT2D eigenvalue weighted by atomic mass is 10.1. The van der Waals surface area contributed by atoms with Crippen molar-refractivity contribution >= 4 is 38.9 Å². The Kier molecular flexibility index (Phi) is 7.06. The highest BCUT2D eigenvalue weighted by atomic mass is 35.5. The Labute approximate surface area is 159 Å². The molecule has 0 saturated heterocycles. The molecule has 0 saturated carbocycles. The molecule has 2 aromatic rings. The minimum atomic E-state index is -3.32. The highest BCUT2D eigenvalue weighted by Crippen LogP contribution is 2.21. The van der Waals surface area contributed by atoms with Crippen LogP contribution in [0.3, 0.4) is 0 Å². The molecular weight excluding hydrogens is 372 g/mol. The lowest BCUT2D eigenvalue weighted by Crippen LogP contribution is -2.16. The quantitative estimate of drug-likeness (QED) is 0.697. The van der Waals surface area contributed by atoms with Gasteiger partial charge in [0.15, 0.2) is 0 Å². The van der Waals surface area contributed by atoms with Crippen LogP contribution in [0.25, 0.3) is 0 Å². The van der Waals surface area contributed by atoms with Crippen LogP contribution in [0.2, 0.25) is 5.02 Å². The number of anilines is 2. The molecule has 0 aromatic heterocycles. The molecule has 0 radical (unpaired) electrons. The number of carbonyl (C=O) groups is 1. The van der Waals surface area contributed by atoms with Crippen LogP contribution in [0.4, 0.5) is 11.4 Å². The Hall–Kier alpha value is -2.05. The van der Waals surface area contributed by atoms with Crippen molar-refractivity contribution in [3.05, 3.63) is 58.6 Å². The zero-order valence-electron chi connectivity index (χ0n) is 14.9. The van der Waals surface area contributed by atoms with Crippen LogP contribution in [0, 0.1) is 6.92 Å². The lowest BCUT2D eigenvalue weighted by Gasteiger charge is -2.11. The van der Waals surface area contributed by atoms with Crippen molar-refractivity contribution in [1.29, 1.82) is 0 Å². The monoisotopic (exact) mass is 394 g/mol. The summed E-state index contributed by atoms with van der Waals surface area (Å²) in [5.74, 6) is -0.0568. The van der Waals surface area contributed by atoms with Crippen molar-refractivity contribution in [3.63, 3.8) is 0 Å². The van der Waals surface area contributed by atoms with Crippen LogP contribution in [0.1, 0.15) is 30.9 Å². The van der Waals surface area contributed by atoms with Crippen LogP contribution in [0.5, 0.6) is 0 Å². The van der Waals surface area contributed by atoms with Gasteiger partial charge in [-0.3, -0.25) is 9.52 Å². The number of aryl methyl sites for hydroxylation is 2. The van der Waals surface area contributed by atoms with Gasteiger partial charge >= 0.3 is 0 Å². The lowest BCUT2D eigenvalue weighted by molar-refractivity contribution is -0.116. The molecule has 140 valence electrons. The van der Waals surface area contributed by atoms with Crippen molar-refractivity contribution in [2.45, 2.75) is 33.1 Å². The van der Waals surface area contributed by atoms with E-state index < -0.39 is 10.0 Å². The van der Waals surface area contributed by atoms with Gasteiger partial charge in [-0.15, -0.1) is 0 Å². The van der Waals surface area contributed by atoms with Gasteiger partial charge in [-0.05, 0) is 68.1 Å². The largest absolute Gasteiger partial charge is 0.326 e. The van der Waals surface area contributed by atoms with E-state index >= 15 is 0 Å². The number of rotatable bonds is 8. The molecule has 0 unspecified atom stereocenters. The summed E-state index contributed by atoms with van der Waals surface area (Å²) in [5.41, 5.74) is 3.07. The van der Waals surface area contributed by atoms with Crippen molar-refractivity contribution in [3.8, 4) is 0 Å². The third kappa shape index (κ3) is 6.35. The third-order valence-electron chi connectivity index (χ3n) is 3.94. The fraction of sp³-hybridized carbons (Fsp3) is 0.316. The van der Waals surface area contributed by atoms with Gasteiger partial charge in [0.25, 0.3) is 0 Å². The van der Waals surface area contributed by atoms with E-state index in [0.29, 0.717) is 22.8 Å². The Morgan fingerprint density at radius 2 is 1.81 bits per heavy atom. The normalized spacial score (nSPS) is 11.2. The summed E-state index contributed by atoms with van der Waals surface area (Å²) in [6.45, 7) is 3.38. The first-order valence-electron chi connectivity index (χ1n) is 8.44. The van der Waals surface area contributed by atoms with Gasteiger partial charge in [-0.1, -0.05) is 23.7 Å². The number of halogens is 1. The number of amides is 1. The summed E-state index contributed by atoms with van der Waals surface area (Å²) in [7, 11) is -3.32. The van der Waals surface area contributed by atoms with Crippen LogP contribution >= 0.6 is 11.6 Å². The van der Waals surface area contributed by atoms with E-state index in [1.165, 1.54) is 0 Å². The molecular formula is C19H23ClN2O3S. The topological polar surface area (TPSA) is 75.3 Å². The van der Waals surface area contributed by atoms with Gasteiger partial charge in [-0.25, -0.2) is 8.42 Å². The van der Waals surface area contributed by atoms with Gasteiger partial charge in [0.05, 0.1) is 11.4 Å². The number of hydrogen-bond donors (Lipinski definition) is 2. The Balaban J connectivity index is 1.86. The maximum absolute atomic E-state index is 12.1. The van der Waals surface area contributed by atoms with E-state index in [0.717, 1.165) is 24.0 Å². The van der Waals surface area contributed by atoms with Crippen LogP contribution in [-0.2, 0) is 21.2 Å². The Bertz CT molecular complexity index is 865. The number of hydrogen-bond acceptors (Lipinski definition) is 3. The summed E-state index contributed by atoms with van der Waals surface area (Å²) in [6, 6.07) is 12.7. The number of sulfonamides is 1. The minimum absolute atomic E-state index is 0.0124. The molecule has 2 aromatic carbocycles. The summed E-state index contributed by atoms with van der Waals surface area (Å²) < 4.78 is 25.8. The SMILES string of the molecule is CCS(=O)(=O)Nc1ccc(NC(=O)CCCc2ccc(Cl)cc2)cc1C. The zero-order chi connectivity index (χ0) is 19.2. The van der Waals surface area contributed by atoms with Gasteiger partial charge in [0.2, 0.25) is 15.9 Å². The first-order chi connectivity index (χ1) is 12.3. The first kappa shape index (κ1) is 20.3. The van der Waals surface area contributed by atoms with Crippen molar-refractivity contribution in [1.82, 2.24) is 0 Å². The predicted molar refractivity (Wildman–Crippen MR) is 107 cm³/mol. The van der Waals surface area contributed by atoms with Crippen LogP contribution < -0.4 is 10.0 Å². The van der Waals surface area contributed by atoms with E-state index in [-0.39, 0.29) is 11.7 Å². The third-order valence-corrected chi connectivity index (χ3v) is 5.48. The van der Waals surface area contributed by atoms with E-state index in [4.69, 9.17) is 11.6 Å². The van der Waals surface area contributed by atoms with E-state index in [1.54, 1.807) is 32.0 Å². The van der Waals surface area contributed by atoms with Crippen molar-refractivity contribution in [2.24, 2.45) is 0 Å². The fourth-order valence-electron chi connectivity index (χ4n) is 2.42. The second-order valence-corrected chi connectivity index (χ2v) is 8.51. The molecule has 0 aliphatic carbocycles. The summed E-state index contributed by atoms with van der Waals surface area (Å²) in [4.78, 5) is 12.1. The summed E-state index contributed by atoms with van der Waals surface area (Å²) in [6.07, 6.45) is 1.95. The Morgan fingerprint density at radius 3 is 2.42 bits per heavy atom. The second-order valence-electron chi connectivity index (χ2n) is 6.06. The molecule has 2 rings (SSSR count). The van der Waals surface area contributed by atoms with E-state index in [9.17, 15) is 13.2 Å².